The molecule has 1 aliphatic rings. The van der Waals surface area contributed by atoms with Crippen LogP contribution in [0, 0.1) is 9.39 Å². The summed E-state index contributed by atoms with van der Waals surface area (Å²) in [4.78, 5) is 24.6. The zero-order chi connectivity index (χ0) is 33.9. The van der Waals surface area contributed by atoms with Crippen LogP contribution in [0.15, 0.2) is 71.0 Å². The summed E-state index contributed by atoms with van der Waals surface area (Å²) in [5.74, 6) is 0.717. The maximum atomic E-state index is 14.1. The number of carbonyl (C=O) groups excluding carboxylic acids is 2. The van der Waals surface area contributed by atoms with Gasteiger partial charge in [0.1, 0.15) is 19.0 Å². The van der Waals surface area contributed by atoms with Crippen LogP contribution in [0.1, 0.15) is 43.5 Å². The summed E-state index contributed by atoms with van der Waals surface area (Å²) in [6.07, 6.45) is 0.325. The number of carbonyl (C=O) groups is 2. The van der Waals surface area contributed by atoms with Crippen molar-refractivity contribution in [2.24, 2.45) is 5.10 Å². The molecular formula is C33H36FIN4O8. The lowest BCUT2D eigenvalue weighted by molar-refractivity contribution is -0.136. The van der Waals surface area contributed by atoms with Gasteiger partial charge >= 0.3 is 12.0 Å². The number of hydrazone groups is 1. The third kappa shape index (κ3) is 9.25. The molecule has 0 radical (unpaired) electrons. The van der Waals surface area contributed by atoms with E-state index in [-0.39, 0.29) is 24.6 Å². The minimum atomic E-state index is -1.19. The Morgan fingerprint density at radius 3 is 2.53 bits per heavy atom. The lowest BCUT2D eigenvalue weighted by Gasteiger charge is -2.28. The van der Waals surface area contributed by atoms with Crippen molar-refractivity contribution in [2.75, 3.05) is 26.9 Å². The Hall–Kier alpha value is -4.57. The van der Waals surface area contributed by atoms with Crippen LogP contribution in [0.25, 0.3) is 0 Å². The molecule has 2 atom stereocenters. The highest BCUT2D eigenvalue weighted by Crippen LogP contribution is 2.36. The second kappa shape index (κ2) is 16.8. The molecule has 4 rings (SSSR count). The molecule has 0 fully saturated rings. The minimum absolute atomic E-state index is 0.0392. The van der Waals surface area contributed by atoms with Crippen LogP contribution in [-0.4, -0.2) is 56.5 Å². The highest BCUT2D eigenvalue weighted by molar-refractivity contribution is 14.1. The van der Waals surface area contributed by atoms with E-state index in [4.69, 9.17) is 23.7 Å². The molecule has 1 heterocycles. The van der Waals surface area contributed by atoms with Crippen LogP contribution in [-0.2, 0) is 16.1 Å². The van der Waals surface area contributed by atoms with Crippen LogP contribution < -0.4 is 35.0 Å². The maximum absolute atomic E-state index is 14.1. The number of amides is 2. The summed E-state index contributed by atoms with van der Waals surface area (Å²) >= 11 is 2.11. The summed E-state index contributed by atoms with van der Waals surface area (Å²) in [5.41, 5.74) is 4.93. The van der Waals surface area contributed by atoms with Gasteiger partial charge in [0.05, 0.1) is 41.7 Å². The van der Waals surface area contributed by atoms with Crippen molar-refractivity contribution < 1.29 is 42.8 Å². The zero-order valence-electron chi connectivity index (χ0n) is 26.3. The second-order valence-electron chi connectivity index (χ2n) is 10.1. The summed E-state index contributed by atoms with van der Waals surface area (Å²) in [6.45, 7) is 5.83. The van der Waals surface area contributed by atoms with E-state index in [0.29, 0.717) is 58.6 Å². The zero-order valence-corrected chi connectivity index (χ0v) is 28.4. The van der Waals surface area contributed by atoms with E-state index in [0.717, 1.165) is 3.57 Å². The number of methoxy groups -OCH3 is 1. The molecule has 0 saturated carbocycles. The van der Waals surface area contributed by atoms with Gasteiger partial charge in [0.25, 0.3) is 0 Å². The molecule has 0 aromatic heterocycles. The van der Waals surface area contributed by atoms with Crippen molar-refractivity contribution in [1.82, 2.24) is 16.1 Å². The lowest BCUT2D eigenvalue weighted by Crippen LogP contribution is -2.45. The van der Waals surface area contributed by atoms with E-state index >= 15 is 0 Å². The Morgan fingerprint density at radius 2 is 1.81 bits per heavy atom. The van der Waals surface area contributed by atoms with Crippen molar-refractivity contribution in [1.29, 1.82) is 0 Å². The summed E-state index contributed by atoms with van der Waals surface area (Å²) in [5, 5.41) is 20.0. The van der Waals surface area contributed by atoms with Gasteiger partial charge in [-0.25, -0.2) is 14.0 Å². The third-order valence-electron chi connectivity index (χ3n) is 6.77. The first kappa shape index (κ1) is 35.3. The molecule has 0 spiro atoms. The van der Waals surface area contributed by atoms with E-state index in [1.807, 2.05) is 13.0 Å². The standard InChI is InChI=1S/C33H36FIN4O8/c1-5-44-26-15-21(30-29(32(41)43-4)19(3)37-33(42)38-30)11-12-25(26)46-18-28(40)39-36-16-20-13-24(35)31(27(14-20)45-6-2)47-17-22-9-7-8-10-23(22)34/h7-16,28,30,39-40H,5-6,17-18H2,1-4H3,(H2,37,38,42)/b36-16-/t28-,30+/m0/s1. The summed E-state index contributed by atoms with van der Waals surface area (Å²) in [6, 6.07) is 13.7. The predicted octanol–water partition coefficient (Wildman–Crippen LogP) is 4.93. The SMILES string of the molecule is CCOc1cc([C@H]2NC(=O)NC(C)=C2C(=O)OC)ccc1OC[C@H](O)N/N=C\c1cc(I)c(OCc2ccccc2F)c(OCC)c1. The maximum Gasteiger partial charge on any atom is 0.337 e. The number of aliphatic hydroxyl groups is 1. The minimum Gasteiger partial charge on any atom is -0.490 e. The first-order chi connectivity index (χ1) is 22.6. The molecule has 47 heavy (non-hydrogen) atoms. The number of rotatable bonds is 15. The van der Waals surface area contributed by atoms with Crippen molar-refractivity contribution in [3.05, 3.63) is 91.9 Å². The Bertz CT molecular complexity index is 1650. The largest absolute Gasteiger partial charge is 0.490 e. The number of ether oxygens (including phenoxy) is 5. The molecule has 4 N–H and O–H groups in total. The highest BCUT2D eigenvalue weighted by Gasteiger charge is 2.32. The van der Waals surface area contributed by atoms with Crippen LogP contribution in [0.2, 0.25) is 0 Å². The van der Waals surface area contributed by atoms with E-state index in [1.165, 1.54) is 19.4 Å². The van der Waals surface area contributed by atoms with E-state index in [2.05, 4.69) is 43.8 Å². The topological polar surface area (TPSA) is 149 Å². The number of allylic oxidation sites excluding steroid dienone is 1. The second-order valence-corrected chi connectivity index (χ2v) is 11.2. The smallest absolute Gasteiger partial charge is 0.337 e. The third-order valence-corrected chi connectivity index (χ3v) is 7.57. The van der Waals surface area contributed by atoms with Gasteiger partial charge in [-0.2, -0.15) is 5.10 Å². The molecule has 0 unspecified atom stereocenters. The van der Waals surface area contributed by atoms with Crippen LogP contribution >= 0.6 is 22.6 Å². The van der Waals surface area contributed by atoms with Gasteiger partial charge in [-0.05, 0) is 84.8 Å². The molecule has 250 valence electrons. The fraction of sp³-hybridized carbons (Fsp3) is 0.303. The number of urea groups is 1. The quantitative estimate of drug-likeness (QED) is 0.0557. The van der Waals surface area contributed by atoms with Gasteiger partial charge in [-0.3, -0.25) is 5.43 Å². The normalized spacial score (nSPS) is 15.0. The van der Waals surface area contributed by atoms with Crippen LogP contribution in [0.5, 0.6) is 23.0 Å². The fourth-order valence-electron chi connectivity index (χ4n) is 4.65. The number of hydrogen-bond acceptors (Lipinski definition) is 10. The molecule has 3 aromatic rings. The van der Waals surface area contributed by atoms with Gasteiger partial charge in [0, 0.05) is 11.3 Å². The van der Waals surface area contributed by atoms with Gasteiger partial charge in [0.15, 0.2) is 29.2 Å². The number of aliphatic hydroxyl groups excluding tert-OH is 1. The molecule has 0 saturated heterocycles. The van der Waals surface area contributed by atoms with E-state index in [9.17, 15) is 19.1 Å². The fourth-order valence-corrected chi connectivity index (χ4v) is 5.43. The van der Waals surface area contributed by atoms with Gasteiger partial charge < -0.3 is 39.4 Å². The van der Waals surface area contributed by atoms with Crippen LogP contribution in [0.4, 0.5) is 9.18 Å². The molecule has 2 amide bonds. The van der Waals surface area contributed by atoms with Crippen molar-refractivity contribution in [2.45, 2.75) is 39.6 Å². The number of benzene rings is 3. The molecule has 12 nitrogen and oxygen atoms in total. The molecule has 0 aliphatic carbocycles. The first-order valence-electron chi connectivity index (χ1n) is 14.7. The molecular weight excluding hydrogens is 726 g/mol. The van der Waals surface area contributed by atoms with Crippen molar-refractivity contribution >= 4 is 40.8 Å². The molecule has 1 aliphatic heterocycles. The summed E-state index contributed by atoms with van der Waals surface area (Å²) < 4.78 is 43.0. The number of hydrogen-bond donors (Lipinski definition) is 4. The monoisotopic (exact) mass is 762 g/mol. The van der Waals surface area contributed by atoms with Gasteiger partial charge in [-0.15, -0.1) is 0 Å². The molecule has 3 aromatic carbocycles. The average molecular weight is 763 g/mol. The lowest BCUT2D eigenvalue weighted by atomic mass is 9.95. The van der Waals surface area contributed by atoms with Crippen molar-refractivity contribution in [3.63, 3.8) is 0 Å². The Kier molecular flexibility index (Phi) is 12.6. The predicted molar refractivity (Wildman–Crippen MR) is 180 cm³/mol. The molecule has 14 heteroatoms. The van der Waals surface area contributed by atoms with Gasteiger partial charge in [0.2, 0.25) is 0 Å². The number of nitrogens with zero attached hydrogens (tertiary/aromatic N) is 1. The summed E-state index contributed by atoms with van der Waals surface area (Å²) in [7, 11) is 1.27. The van der Waals surface area contributed by atoms with Crippen molar-refractivity contribution in [3.8, 4) is 23.0 Å². The number of nitrogens with one attached hydrogen (secondary N) is 3. The van der Waals surface area contributed by atoms with E-state index < -0.39 is 24.3 Å². The average Bonchev–Trinajstić information content (AvgIpc) is 3.04. The Labute approximate surface area is 285 Å². The first-order valence-corrected chi connectivity index (χ1v) is 15.8. The molecule has 0 bridgehead atoms. The van der Waals surface area contributed by atoms with Crippen LogP contribution in [0.3, 0.4) is 0 Å². The van der Waals surface area contributed by atoms with E-state index in [1.54, 1.807) is 56.3 Å². The highest BCUT2D eigenvalue weighted by atomic mass is 127. The number of esters is 1. The Balaban J connectivity index is 1.40. The Morgan fingerprint density at radius 1 is 1.06 bits per heavy atom. The van der Waals surface area contributed by atoms with Gasteiger partial charge in [-0.1, -0.05) is 24.3 Å². The number of halogens is 2.